The van der Waals surface area contributed by atoms with Crippen molar-refractivity contribution in [2.24, 2.45) is 0 Å². The summed E-state index contributed by atoms with van der Waals surface area (Å²) in [7, 11) is -3.78. The summed E-state index contributed by atoms with van der Waals surface area (Å²) in [6.07, 6.45) is 1.58. The summed E-state index contributed by atoms with van der Waals surface area (Å²) < 4.78 is 38.7. The molecule has 0 fully saturated rings. The maximum Gasteiger partial charge on any atom is 0.264 e. The van der Waals surface area contributed by atoms with E-state index in [1.165, 1.54) is 41.6 Å². The Kier molecular flexibility index (Phi) is 5.49. The number of sulfonamides is 1. The first-order valence-electron chi connectivity index (χ1n) is 10.8. The van der Waals surface area contributed by atoms with E-state index in [9.17, 15) is 18.0 Å². The van der Waals surface area contributed by atoms with Crippen molar-refractivity contribution in [3.8, 4) is 11.5 Å². The second kappa shape index (κ2) is 8.49. The van der Waals surface area contributed by atoms with Crippen LogP contribution in [0.4, 0.5) is 11.4 Å². The number of hydrogen-bond donors (Lipinski definition) is 1. The molecule has 0 spiro atoms. The van der Waals surface area contributed by atoms with Gasteiger partial charge in [-0.25, -0.2) is 8.42 Å². The molecule has 1 N–H and O–H groups in total. The molecule has 0 radical (unpaired) electrons. The van der Waals surface area contributed by atoms with Crippen LogP contribution in [0.2, 0.25) is 0 Å². The number of carbonyl (C=O) groups excluding carboxylic acids is 2. The van der Waals surface area contributed by atoms with Crippen molar-refractivity contribution in [2.75, 3.05) is 23.0 Å². The van der Waals surface area contributed by atoms with Gasteiger partial charge in [-0.1, -0.05) is 18.2 Å². The molecule has 2 heterocycles. The number of fused-ring (bicyclic) bond motifs is 2. The highest BCUT2D eigenvalue weighted by Gasteiger charge is 2.29. The van der Waals surface area contributed by atoms with Crippen LogP contribution in [0.3, 0.4) is 0 Å². The molecule has 8 nitrogen and oxygen atoms in total. The minimum absolute atomic E-state index is 0.0432. The molecule has 0 atom stereocenters. The van der Waals surface area contributed by atoms with Gasteiger partial charge in [-0.2, -0.15) is 0 Å². The molecule has 2 aliphatic rings. The van der Waals surface area contributed by atoms with E-state index in [1.54, 1.807) is 6.07 Å². The summed E-state index contributed by atoms with van der Waals surface area (Å²) in [5.41, 5.74) is 2.53. The maximum atomic E-state index is 13.3. The normalized spacial score (nSPS) is 14.4. The zero-order valence-corrected chi connectivity index (χ0v) is 19.2. The Morgan fingerprint density at radius 2 is 1.68 bits per heavy atom. The Labute approximate surface area is 197 Å². The minimum Gasteiger partial charge on any atom is -0.454 e. The van der Waals surface area contributed by atoms with Crippen LogP contribution in [-0.4, -0.2) is 33.4 Å². The molecule has 34 heavy (non-hydrogen) atoms. The zero-order valence-electron chi connectivity index (χ0n) is 18.4. The Bertz CT molecular complexity index is 1400. The van der Waals surface area contributed by atoms with Gasteiger partial charge >= 0.3 is 0 Å². The van der Waals surface area contributed by atoms with E-state index in [4.69, 9.17) is 9.47 Å². The van der Waals surface area contributed by atoms with Crippen molar-refractivity contribution in [1.29, 1.82) is 0 Å². The van der Waals surface area contributed by atoms with Crippen molar-refractivity contribution in [3.05, 3.63) is 77.4 Å². The van der Waals surface area contributed by atoms with Crippen LogP contribution in [-0.2, 0) is 16.4 Å². The van der Waals surface area contributed by atoms with Gasteiger partial charge in [-0.05, 0) is 61.7 Å². The lowest BCUT2D eigenvalue weighted by Gasteiger charge is -2.30. The molecular weight excluding hydrogens is 456 g/mol. The number of para-hydroxylation sites is 1. The topological polar surface area (TPSA) is 102 Å². The molecule has 0 aliphatic carbocycles. The largest absolute Gasteiger partial charge is 0.454 e. The van der Waals surface area contributed by atoms with Gasteiger partial charge in [0.2, 0.25) is 6.79 Å². The highest BCUT2D eigenvalue weighted by atomic mass is 32.2. The van der Waals surface area contributed by atoms with Gasteiger partial charge in [0, 0.05) is 23.7 Å². The van der Waals surface area contributed by atoms with Crippen LogP contribution < -0.4 is 19.1 Å². The molecule has 3 aromatic rings. The van der Waals surface area contributed by atoms with Crippen LogP contribution in [0.5, 0.6) is 11.5 Å². The fourth-order valence-corrected chi connectivity index (χ4v) is 5.73. The molecular formula is C25H22N2O6S. The van der Waals surface area contributed by atoms with Crippen molar-refractivity contribution in [3.63, 3.8) is 0 Å². The van der Waals surface area contributed by atoms with Crippen molar-refractivity contribution >= 4 is 33.1 Å². The molecule has 0 bridgehead atoms. The molecule has 0 aromatic heterocycles. The lowest BCUT2D eigenvalue weighted by Crippen LogP contribution is -2.35. The summed E-state index contributed by atoms with van der Waals surface area (Å²) in [6, 6.07) is 16.3. The molecule has 1 amide bonds. The first kappa shape index (κ1) is 22.0. The summed E-state index contributed by atoms with van der Waals surface area (Å²) in [6.45, 7) is 1.84. The highest BCUT2D eigenvalue weighted by molar-refractivity contribution is 7.92. The SMILES string of the molecule is CC(=O)c1cc2c(cc1NC(=O)c1ccc(S(=O)(=O)N3CCCc4ccccc43)cc1)OCO2. The van der Waals surface area contributed by atoms with E-state index in [0.717, 1.165) is 18.4 Å². The van der Waals surface area contributed by atoms with E-state index in [2.05, 4.69) is 5.32 Å². The molecule has 5 rings (SSSR count). The number of benzene rings is 3. The third-order valence-electron chi connectivity index (χ3n) is 5.91. The molecule has 3 aromatic carbocycles. The van der Waals surface area contributed by atoms with Crippen LogP contribution >= 0.6 is 0 Å². The third kappa shape index (κ3) is 3.88. The number of anilines is 2. The van der Waals surface area contributed by atoms with Gasteiger partial charge in [-0.15, -0.1) is 0 Å². The first-order chi connectivity index (χ1) is 16.3. The van der Waals surface area contributed by atoms with E-state index in [1.807, 2.05) is 24.3 Å². The maximum absolute atomic E-state index is 13.3. The number of aryl methyl sites for hydroxylation is 1. The number of ketones is 1. The predicted octanol–water partition coefficient (Wildman–Crippen LogP) is 4.01. The predicted molar refractivity (Wildman–Crippen MR) is 126 cm³/mol. The third-order valence-corrected chi connectivity index (χ3v) is 7.74. The van der Waals surface area contributed by atoms with Crippen molar-refractivity contribution in [2.45, 2.75) is 24.7 Å². The number of carbonyl (C=O) groups is 2. The van der Waals surface area contributed by atoms with E-state index in [0.29, 0.717) is 35.0 Å². The number of nitrogens with one attached hydrogen (secondary N) is 1. The van der Waals surface area contributed by atoms with Crippen LogP contribution in [0, 0.1) is 0 Å². The fraction of sp³-hybridized carbons (Fsp3) is 0.200. The molecule has 174 valence electrons. The van der Waals surface area contributed by atoms with Gasteiger partial charge in [-0.3, -0.25) is 13.9 Å². The van der Waals surface area contributed by atoms with Gasteiger partial charge in [0.05, 0.1) is 16.3 Å². The zero-order chi connectivity index (χ0) is 23.9. The minimum atomic E-state index is -3.78. The standard InChI is InChI=1S/C25H22N2O6S/c1-16(28)20-13-23-24(33-15-32-23)14-21(20)26-25(29)18-8-10-19(11-9-18)34(30,31)27-12-4-6-17-5-2-3-7-22(17)27/h2-3,5,7-11,13-14H,4,6,12,15H2,1H3,(H,26,29). The van der Waals surface area contributed by atoms with E-state index < -0.39 is 15.9 Å². The Morgan fingerprint density at radius 3 is 2.41 bits per heavy atom. The van der Waals surface area contributed by atoms with Gasteiger partial charge in [0.15, 0.2) is 17.3 Å². The van der Waals surface area contributed by atoms with E-state index >= 15 is 0 Å². The monoisotopic (exact) mass is 478 g/mol. The molecule has 0 saturated carbocycles. The van der Waals surface area contributed by atoms with Gasteiger partial charge in [0.25, 0.3) is 15.9 Å². The number of amides is 1. The smallest absolute Gasteiger partial charge is 0.264 e. The Morgan fingerprint density at radius 1 is 0.971 bits per heavy atom. The average molecular weight is 479 g/mol. The van der Waals surface area contributed by atoms with Crippen LogP contribution in [0.15, 0.2) is 65.6 Å². The quantitative estimate of drug-likeness (QED) is 0.556. The van der Waals surface area contributed by atoms with E-state index in [-0.39, 0.29) is 23.0 Å². The summed E-state index contributed by atoms with van der Waals surface area (Å²) in [4.78, 5) is 25.0. The van der Waals surface area contributed by atoms with Gasteiger partial charge < -0.3 is 14.8 Å². The van der Waals surface area contributed by atoms with Gasteiger partial charge in [0.1, 0.15) is 0 Å². The lowest BCUT2D eigenvalue weighted by molar-refractivity contribution is 0.101. The Balaban J connectivity index is 1.39. The molecule has 0 saturated heterocycles. The van der Waals surface area contributed by atoms with Crippen LogP contribution in [0.25, 0.3) is 0 Å². The number of rotatable bonds is 5. The van der Waals surface area contributed by atoms with Crippen LogP contribution in [0.1, 0.15) is 39.6 Å². The molecule has 2 aliphatic heterocycles. The Hall–Kier alpha value is -3.85. The van der Waals surface area contributed by atoms with Crippen molar-refractivity contribution < 1.29 is 27.5 Å². The highest BCUT2D eigenvalue weighted by Crippen LogP contribution is 2.37. The second-order valence-electron chi connectivity index (χ2n) is 8.10. The first-order valence-corrected chi connectivity index (χ1v) is 12.3. The fourth-order valence-electron chi connectivity index (χ4n) is 4.19. The summed E-state index contributed by atoms with van der Waals surface area (Å²) >= 11 is 0. The second-order valence-corrected chi connectivity index (χ2v) is 9.96. The number of nitrogens with zero attached hydrogens (tertiary/aromatic N) is 1. The lowest BCUT2D eigenvalue weighted by atomic mass is 10.0. The number of ether oxygens (including phenoxy) is 2. The molecule has 9 heteroatoms. The molecule has 0 unspecified atom stereocenters. The summed E-state index contributed by atoms with van der Waals surface area (Å²) in [5.74, 6) is 0.158. The average Bonchev–Trinajstić information content (AvgIpc) is 3.30. The van der Waals surface area contributed by atoms with Crippen molar-refractivity contribution in [1.82, 2.24) is 0 Å². The number of Topliss-reactive ketones (excluding diaryl/α,β-unsaturated/α-hetero) is 1. The number of hydrogen-bond acceptors (Lipinski definition) is 6. The summed E-state index contributed by atoms with van der Waals surface area (Å²) in [5, 5.41) is 2.72.